The molecule has 0 aliphatic heterocycles. The molecule has 1 aliphatic rings. The Morgan fingerprint density at radius 2 is 1.75 bits per heavy atom. The van der Waals surface area contributed by atoms with E-state index in [0.29, 0.717) is 18.5 Å². The van der Waals surface area contributed by atoms with Crippen LogP contribution in [0, 0.1) is 0 Å². The van der Waals surface area contributed by atoms with Gasteiger partial charge in [0.05, 0.1) is 0 Å². The van der Waals surface area contributed by atoms with Crippen molar-refractivity contribution >= 4 is 24.0 Å². The topological polar surface area (TPSA) is 108 Å². The molecule has 2 aromatic rings. The maximum atomic E-state index is 14.7. The molecule has 0 heterocycles. The number of rotatable bonds is 14. The number of phenols is 1. The van der Waals surface area contributed by atoms with Gasteiger partial charge in [-0.2, -0.15) is 0 Å². The molecule has 3 rings (SSSR count). The molecular formula is C36H51N3O5. The van der Waals surface area contributed by atoms with Crippen LogP contribution in [0.15, 0.2) is 55.1 Å². The Labute approximate surface area is 263 Å². The quantitative estimate of drug-likeness (QED) is 0.200. The molecule has 2 aromatic carbocycles. The highest BCUT2D eigenvalue weighted by atomic mass is 16.6. The number of hydrogen-bond acceptors (Lipinski definition) is 5. The summed E-state index contributed by atoms with van der Waals surface area (Å²) in [6.45, 7) is 11.7. The number of carbonyl (C=O) groups is 3. The van der Waals surface area contributed by atoms with E-state index < -0.39 is 23.8 Å². The molecule has 8 heteroatoms. The fraction of sp³-hybridized carbons (Fsp3) is 0.528. The summed E-state index contributed by atoms with van der Waals surface area (Å²) in [6.07, 6.45) is 9.97. The maximum Gasteiger partial charge on any atom is 0.408 e. The third-order valence-corrected chi connectivity index (χ3v) is 7.87. The first-order chi connectivity index (χ1) is 21.0. The molecule has 44 heavy (non-hydrogen) atoms. The zero-order valence-electron chi connectivity index (χ0n) is 26.9. The third-order valence-electron chi connectivity index (χ3n) is 7.87. The van der Waals surface area contributed by atoms with Crippen LogP contribution in [0.4, 0.5) is 4.79 Å². The monoisotopic (exact) mass is 605 g/mol. The van der Waals surface area contributed by atoms with Gasteiger partial charge < -0.3 is 25.4 Å². The van der Waals surface area contributed by atoms with E-state index in [2.05, 4.69) is 24.1 Å². The summed E-state index contributed by atoms with van der Waals surface area (Å²) in [7, 11) is 0. The second kappa shape index (κ2) is 16.9. The van der Waals surface area contributed by atoms with Gasteiger partial charge in [0.15, 0.2) is 0 Å². The minimum absolute atomic E-state index is 0.0612. The van der Waals surface area contributed by atoms with Crippen molar-refractivity contribution in [1.29, 1.82) is 0 Å². The average Bonchev–Trinajstić information content (AvgIpc) is 2.98. The number of amides is 3. The van der Waals surface area contributed by atoms with Gasteiger partial charge in [-0.25, -0.2) is 4.79 Å². The Hall–Kier alpha value is -3.81. The number of hydrogen-bond donors (Lipinski definition) is 3. The predicted octanol–water partition coefficient (Wildman–Crippen LogP) is 7.07. The van der Waals surface area contributed by atoms with Crippen molar-refractivity contribution in [3.05, 3.63) is 71.8 Å². The van der Waals surface area contributed by atoms with Crippen molar-refractivity contribution in [3.63, 3.8) is 0 Å². The van der Waals surface area contributed by atoms with Gasteiger partial charge in [-0.05, 0) is 74.9 Å². The first-order valence-electron chi connectivity index (χ1n) is 16.1. The lowest BCUT2D eigenvalue weighted by Gasteiger charge is -2.36. The van der Waals surface area contributed by atoms with Crippen LogP contribution in [0.5, 0.6) is 5.75 Å². The number of unbranched alkanes of at least 4 members (excludes halogenated alkanes) is 3. The molecule has 1 fully saturated rings. The standard InChI is InChI=1S/C36H51N3O5/c1-6-8-9-13-23-39(32(28-16-14-15-26(7-2)24-28)33(41)37-29-17-11-10-12-18-29)34(42)31(38-35(43)44-36(3,4)5)25-27-19-21-30(40)22-20-27/h7,14-16,19-22,24,29,31-32,40H,2,6,8-13,17-18,23,25H2,1,3-5H3,(H,37,41)(H,38,43). The number of benzene rings is 2. The SMILES string of the molecule is C=Cc1cccc(C(C(=O)NC2CCCCC2)N(CCCCCC)C(=O)C(Cc2ccc(O)cc2)NC(=O)OC(C)(C)C)c1. The second-order valence-electron chi connectivity index (χ2n) is 12.8. The number of alkyl carbamates (subject to hydrolysis) is 1. The molecule has 0 saturated heterocycles. The summed E-state index contributed by atoms with van der Waals surface area (Å²) in [5, 5.41) is 15.9. The fourth-order valence-corrected chi connectivity index (χ4v) is 5.65. The van der Waals surface area contributed by atoms with Crippen molar-refractivity contribution in [3.8, 4) is 5.75 Å². The van der Waals surface area contributed by atoms with Gasteiger partial charge in [-0.1, -0.05) is 88.4 Å². The minimum Gasteiger partial charge on any atom is -0.508 e. The van der Waals surface area contributed by atoms with Crippen LogP contribution in [0.25, 0.3) is 6.08 Å². The molecule has 0 radical (unpaired) electrons. The highest BCUT2D eigenvalue weighted by Gasteiger charge is 2.37. The molecular weight excluding hydrogens is 554 g/mol. The van der Waals surface area contributed by atoms with Gasteiger partial charge in [0.25, 0.3) is 0 Å². The van der Waals surface area contributed by atoms with E-state index in [1.807, 2.05) is 24.3 Å². The van der Waals surface area contributed by atoms with Crippen LogP contribution in [0.2, 0.25) is 0 Å². The van der Waals surface area contributed by atoms with Crippen molar-refractivity contribution in [2.24, 2.45) is 0 Å². The third kappa shape index (κ3) is 11.0. The molecule has 3 N–H and O–H groups in total. The van der Waals surface area contributed by atoms with Crippen LogP contribution in [-0.2, 0) is 20.7 Å². The number of nitrogens with zero attached hydrogens (tertiary/aromatic N) is 1. The summed E-state index contributed by atoms with van der Waals surface area (Å²) < 4.78 is 5.54. The van der Waals surface area contributed by atoms with Gasteiger partial charge in [-0.3, -0.25) is 9.59 Å². The molecule has 1 saturated carbocycles. The number of ether oxygens (including phenoxy) is 1. The zero-order chi connectivity index (χ0) is 32.1. The van der Waals surface area contributed by atoms with E-state index in [9.17, 15) is 19.5 Å². The predicted molar refractivity (Wildman–Crippen MR) is 175 cm³/mol. The molecule has 240 valence electrons. The first kappa shape index (κ1) is 34.7. The lowest BCUT2D eigenvalue weighted by atomic mass is 9.94. The van der Waals surface area contributed by atoms with Crippen molar-refractivity contribution in [2.75, 3.05) is 6.54 Å². The van der Waals surface area contributed by atoms with Crippen LogP contribution >= 0.6 is 0 Å². The molecule has 2 atom stereocenters. The normalized spacial score (nSPS) is 15.1. The van der Waals surface area contributed by atoms with Crippen LogP contribution in [0.3, 0.4) is 0 Å². The largest absolute Gasteiger partial charge is 0.508 e. The summed E-state index contributed by atoms with van der Waals surface area (Å²) in [6, 6.07) is 12.3. The lowest BCUT2D eigenvalue weighted by molar-refractivity contribution is -0.143. The number of nitrogens with one attached hydrogen (secondary N) is 2. The zero-order valence-corrected chi connectivity index (χ0v) is 26.9. The Morgan fingerprint density at radius 3 is 2.39 bits per heavy atom. The van der Waals surface area contributed by atoms with Crippen LogP contribution < -0.4 is 10.6 Å². The van der Waals surface area contributed by atoms with Gasteiger partial charge in [-0.15, -0.1) is 0 Å². The summed E-state index contributed by atoms with van der Waals surface area (Å²) in [4.78, 5) is 43.5. The minimum atomic E-state index is -1.01. The highest BCUT2D eigenvalue weighted by molar-refractivity contribution is 5.92. The van der Waals surface area contributed by atoms with E-state index >= 15 is 0 Å². The van der Waals surface area contributed by atoms with Gasteiger partial charge in [0, 0.05) is 19.0 Å². The molecule has 0 spiro atoms. The van der Waals surface area contributed by atoms with E-state index in [-0.39, 0.29) is 30.0 Å². The summed E-state index contributed by atoms with van der Waals surface area (Å²) in [5.41, 5.74) is 1.54. The number of phenolic OH excluding ortho intramolecular Hbond substituents is 1. The molecule has 0 aromatic heterocycles. The maximum absolute atomic E-state index is 14.7. The van der Waals surface area contributed by atoms with Crippen LogP contribution in [-0.4, -0.2) is 52.1 Å². The van der Waals surface area contributed by atoms with E-state index in [1.54, 1.807) is 56.0 Å². The van der Waals surface area contributed by atoms with Gasteiger partial charge in [0.1, 0.15) is 23.4 Å². The Kier molecular flexibility index (Phi) is 13.3. The Balaban J connectivity index is 2.05. The highest BCUT2D eigenvalue weighted by Crippen LogP contribution is 2.27. The number of aromatic hydroxyl groups is 1. The molecule has 8 nitrogen and oxygen atoms in total. The molecule has 0 bridgehead atoms. The van der Waals surface area contributed by atoms with Gasteiger partial charge >= 0.3 is 6.09 Å². The number of carbonyl (C=O) groups excluding carboxylic acids is 3. The van der Waals surface area contributed by atoms with Crippen molar-refractivity contribution in [1.82, 2.24) is 15.5 Å². The smallest absolute Gasteiger partial charge is 0.408 e. The van der Waals surface area contributed by atoms with E-state index in [4.69, 9.17) is 4.74 Å². The molecule has 3 amide bonds. The van der Waals surface area contributed by atoms with E-state index in [0.717, 1.165) is 62.5 Å². The summed E-state index contributed by atoms with van der Waals surface area (Å²) in [5.74, 6) is -0.480. The Morgan fingerprint density at radius 1 is 1.05 bits per heavy atom. The van der Waals surface area contributed by atoms with E-state index in [1.165, 1.54) is 0 Å². The first-order valence-corrected chi connectivity index (χ1v) is 16.1. The average molecular weight is 606 g/mol. The van der Waals surface area contributed by atoms with Gasteiger partial charge in [0.2, 0.25) is 11.8 Å². The Bertz CT molecular complexity index is 1230. The summed E-state index contributed by atoms with van der Waals surface area (Å²) >= 11 is 0. The van der Waals surface area contributed by atoms with Crippen molar-refractivity contribution in [2.45, 2.75) is 116 Å². The second-order valence-corrected chi connectivity index (χ2v) is 12.8. The van der Waals surface area contributed by atoms with Crippen LogP contribution in [0.1, 0.15) is 108 Å². The lowest BCUT2D eigenvalue weighted by Crippen LogP contribution is -2.54. The fourth-order valence-electron chi connectivity index (χ4n) is 5.65. The molecule has 1 aliphatic carbocycles. The molecule has 2 unspecified atom stereocenters. The van der Waals surface area contributed by atoms with Crippen molar-refractivity contribution < 1.29 is 24.2 Å².